The Bertz CT molecular complexity index is 1250. The van der Waals surface area contributed by atoms with Crippen molar-refractivity contribution in [2.75, 3.05) is 7.11 Å². The molecule has 1 aliphatic rings. The van der Waals surface area contributed by atoms with Gasteiger partial charge in [0.05, 0.1) is 30.9 Å². The second kappa shape index (κ2) is 5.80. The van der Waals surface area contributed by atoms with Crippen LogP contribution in [0.5, 0.6) is 0 Å². The topological polar surface area (TPSA) is 83.4 Å². The zero-order valence-corrected chi connectivity index (χ0v) is 14.7. The number of para-hydroxylation sites is 2. The highest BCUT2D eigenvalue weighted by Gasteiger charge is 2.29. The molecule has 1 aliphatic carbocycles. The van der Waals surface area contributed by atoms with E-state index in [1.54, 1.807) is 21.2 Å². The van der Waals surface area contributed by atoms with E-state index in [2.05, 4.69) is 9.97 Å². The monoisotopic (exact) mass is 363 g/mol. The summed E-state index contributed by atoms with van der Waals surface area (Å²) in [4.78, 5) is 33.9. The second-order valence-electron chi connectivity index (χ2n) is 6.65. The Balaban J connectivity index is 1.71. The number of nitrogens with zero attached hydrogens (tertiary/aromatic N) is 5. The SMILES string of the molecule is COC(=O)c1cnc2ccnc(Cn3c(=O)n(C4CC4)c4ccccc43)n12. The molecule has 4 aromatic rings. The molecule has 0 atom stereocenters. The van der Waals surface area contributed by atoms with Gasteiger partial charge >= 0.3 is 11.7 Å². The summed E-state index contributed by atoms with van der Waals surface area (Å²) >= 11 is 0. The third-order valence-corrected chi connectivity index (χ3v) is 4.97. The maximum absolute atomic E-state index is 13.1. The van der Waals surface area contributed by atoms with Crippen LogP contribution in [0.2, 0.25) is 0 Å². The fourth-order valence-electron chi connectivity index (χ4n) is 3.57. The lowest BCUT2D eigenvalue weighted by Gasteiger charge is -2.08. The third-order valence-electron chi connectivity index (χ3n) is 4.97. The van der Waals surface area contributed by atoms with Gasteiger partial charge in [-0.2, -0.15) is 0 Å². The molecule has 3 heterocycles. The lowest BCUT2D eigenvalue weighted by Crippen LogP contribution is -2.25. The highest BCUT2D eigenvalue weighted by molar-refractivity contribution is 5.88. The fourth-order valence-corrected chi connectivity index (χ4v) is 3.57. The molecular weight excluding hydrogens is 346 g/mol. The third kappa shape index (κ3) is 2.37. The number of imidazole rings is 2. The summed E-state index contributed by atoms with van der Waals surface area (Å²) in [5.74, 6) is 0.0516. The zero-order valence-electron chi connectivity index (χ0n) is 14.7. The Morgan fingerprint density at radius 2 is 1.96 bits per heavy atom. The number of rotatable bonds is 4. The first-order valence-electron chi connectivity index (χ1n) is 8.78. The number of carbonyl (C=O) groups is 1. The number of methoxy groups -OCH3 is 1. The Labute approximate surface area is 153 Å². The van der Waals surface area contributed by atoms with Crippen LogP contribution < -0.4 is 5.69 Å². The lowest BCUT2D eigenvalue weighted by atomic mass is 10.3. The summed E-state index contributed by atoms with van der Waals surface area (Å²) in [6.45, 7) is 0.233. The van der Waals surface area contributed by atoms with Crippen molar-refractivity contribution in [3.8, 4) is 0 Å². The predicted octanol–water partition coefficient (Wildman–Crippen LogP) is 2.02. The van der Waals surface area contributed by atoms with Gasteiger partial charge in [-0.1, -0.05) is 12.1 Å². The molecule has 0 bridgehead atoms. The van der Waals surface area contributed by atoms with Gasteiger partial charge in [0.2, 0.25) is 0 Å². The summed E-state index contributed by atoms with van der Waals surface area (Å²) in [5, 5.41) is 0. The van der Waals surface area contributed by atoms with E-state index in [9.17, 15) is 9.59 Å². The molecule has 0 aliphatic heterocycles. The van der Waals surface area contributed by atoms with Gasteiger partial charge in [0.15, 0.2) is 5.69 Å². The van der Waals surface area contributed by atoms with Gasteiger partial charge in [-0.05, 0) is 31.0 Å². The molecule has 1 aromatic carbocycles. The summed E-state index contributed by atoms with van der Waals surface area (Å²) in [6, 6.07) is 9.75. The highest BCUT2D eigenvalue weighted by Crippen LogP contribution is 2.36. The zero-order chi connectivity index (χ0) is 18.5. The molecule has 0 radical (unpaired) electrons. The van der Waals surface area contributed by atoms with Gasteiger partial charge in [0.1, 0.15) is 11.5 Å². The summed E-state index contributed by atoms with van der Waals surface area (Å²) < 4.78 is 10.1. The van der Waals surface area contributed by atoms with Gasteiger partial charge in [-0.25, -0.2) is 19.6 Å². The largest absolute Gasteiger partial charge is 0.464 e. The van der Waals surface area contributed by atoms with Crippen molar-refractivity contribution in [2.24, 2.45) is 0 Å². The first-order chi connectivity index (χ1) is 13.2. The minimum atomic E-state index is -0.496. The molecule has 5 rings (SSSR count). The minimum absolute atomic E-state index is 0.0581. The van der Waals surface area contributed by atoms with Gasteiger partial charge in [-0.15, -0.1) is 0 Å². The second-order valence-corrected chi connectivity index (χ2v) is 6.65. The van der Waals surface area contributed by atoms with Crippen molar-refractivity contribution in [3.05, 3.63) is 64.7 Å². The van der Waals surface area contributed by atoms with Gasteiger partial charge < -0.3 is 4.74 Å². The number of aromatic nitrogens is 5. The van der Waals surface area contributed by atoms with Crippen molar-refractivity contribution < 1.29 is 9.53 Å². The normalized spacial score (nSPS) is 14.1. The number of hydrogen-bond donors (Lipinski definition) is 0. The maximum atomic E-state index is 13.1. The van der Waals surface area contributed by atoms with Crippen LogP contribution in [-0.2, 0) is 11.3 Å². The van der Waals surface area contributed by atoms with Crippen LogP contribution in [-0.4, -0.2) is 36.6 Å². The van der Waals surface area contributed by atoms with E-state index in [-0.39, 0.29) is 24.0 Å². The quantitative estimate of drug-likeness (QED) is 0.518. The Kier molecular flexibility index (Phi) is 3.40. The van der Waals surface area contributed by atoms with Crippen LogP contribution in [0.1, 0.15) is 35.2 Å². The average Bonchev–Trinajstić information content (AvgIpc) is 3.36. The van der Waals surface area contributed by atoms with E-state index in [0.717, 1.165) is 23.9 Å². The molecule has 0 spiro atoms. The standard InChI is InChI=1S/C19H17N5O3/c1-27-18(25)15-10-21-16-8-9-20-17(24(15)16)11-22-13-4-2-3-5-14(13)23(19(22)26)12-6-7-12/h2-5,8-10,12H,6-7,11H2,1H3. The minimum Gasteiger partial charge on any atom is -0.464 e. The molecule has 0 unspecified atom stereocenters. The number of fused-ring (bicyclic) bond motifs is 2. The molecule has 27 heavy (non-hydrogen) atoms. The smallest absolute Gasteiger partial charge is 0.356 e. The molecule has 0 saturated heterocycles. The maximum Gasteiger partial charge on any atom is 0.356 e. The van der Waals surface area contributed by atoms with Gasteiger partial charge in [0.25, 0.3) is 0 Å². The fraction of sp³-hybridized carbons (Fsp3) is 0.263. The van der Waals surface area contributed by atoms with Crippen LogP contribution in [0.4, 0.5) is 0 Å². The van der Waals surface area contributed by atoms with Crippen molar-refractivity contribution in [1.82, 2.24) is 23.5 Å². The van der Waals surface area contributed by atoms with Crippen LogP contribution >= 0.6 is 0 Å². The molecule has 3 aromatic heterocycles. The first kappa shape index (κ1) is 15.8. The van der Waals surface area contributed by atoms with E-state index in [0.29, 0.717) is 11.5 Å². The van der Waals surface area contributed by atoms with Crippen molar-refractivity contribution in [3.63, 3.8) is 0 Å². The number of hydrogen-bond acceptors (Lipinski definition) is 5. The molecule has 1 saturated carbocycles. The number of carbonyl (C=O) groups excluding carboxylic acids is 1. The number of ether oxygens (including phenoxy) is 1. The number of esters is 1. The molecule has 0 N–H and O–H groups in total. The van der Waals surface area contributed by atoms with Gasteiger partial charge in [-0.3, -0.25) is 13.5 Å². The van der Waals surface area contributed by atoms with E-state index >= 15 is 0 Å². The Hall–Kier alpha value is -3.42. The van der Waals surface area contributed by atoms with E-state index < -0.39 is 5.97 Å². The molecular formula is C19H17N5O3. The average molecular weight is 363 g/mol. The Morgan fingerprint density at radius 1 is 1.19 bits per heavy atom. The summed E-state index contributed by atoms with van der Waals surface area (Å²) in [5.41, 5.74) is 2.59. The van der Waals surface area contributed by atoms with Crippen molar-refractivity contribution in [2.45, 2.75) is 25.4 Å². The highest BCUT2D eigenvalue weighted by atomic mass is 16.5. The molecule has 8 nitrogen and oxygen atoms in total. The molecule has 8 heteroatoms. The van der Waals surface area contributed by atoms with Crippen LogP contribution in [0.25, 0.3) is 16.7 Å². The number of benzene rings is 1. The van der Waals surface area contributed by atoms with E-state index in [1.807, 2.05) is 28.8 Å². The van der Waals surface area contributed by atoms with E-state index in [4.69, 9.17) is 4.74 Å². The van der Waals surface area contributed by atoms with Crippen LogP contribution in [0.15, 0.2) is 47.5 Å². The Morgan fingerprint density at radius 3 is 2.70 bits per heavy atom. The molecule has 1 fully saturated rings. The summed E-state index contributed by atoms with van der Waals surface area (Å²) in [7, 11) is 1.32. The van der Waals surface area contributed by atoms with E-state index in [1.165, 1.54) is 13.3 Å². The van der Waals surface area contributed by atoms with Crippen molar-refractivity contribution in [1.29, 1.82) is 0 Å². The predicted molar refractivity (Wildman–Crippen MR) is 97.9 cm³/mol. The first-order valence-corrected chi connectivity index (χ1v) is 8.78. The molecule has 0 amide bonds. The van der Waals surface area contributed by atoms with Crippen LogP contribution in [0.3, 0.4) is 0 Å². The van der Waals surface area contributed by atoms with Crippen molar-refractivity contribution >= 4 is 22.6 Å². The van der Waals surface area contributed by atoms with Gasteiger partial charge in [0, 0.05) is 12.2 Å². The lowest BCUT2D eigenvalue weighted by molar-refractivity contribution is 0.0592. The summed E-state index contributed by atoms with van der Waals surface area (Å²) in [6.07, 6.45) is 5.14. The molecule has 136 valence electrons. The van der Waals surface area contributed by atoms with Crippen LogP contribution in [0, 0.1) is 0 Å².